The Kier molecular flexibility index (Phi) is 75.0. The van der Waals surface area contributed by atoms with Crippen LogP contribution >= 0.6 is 15.6 Å². The van der Waals surface area contributed by atoms with Crippen LogP contribution in [0.2, 0.25) is 0 Å². The van der Waals surface area contributed by atoms with Gasteiger partial charge in [-0.1, -0.05) is 281 Å². The molecule has 0 saturated carbocycles. The second kappa shape index (κ2) is 79.3. The quantitative estimate of drug-likeness (QED) is 0.0169. The summed E-state index contributed by atoms with van der Waals surface area (Å²) >= 11 is 0. The average Bonchev–Trinajstić information content (AvgIpc) is 0.901. The predicted octanol–water partition coefficient (Wildman–Crippen LogP) is 24.3. The van der Waals surface area contributed by atoms with Gasteiger partial charge >= 0.3 is 39.5 Å². The Hall–Kier alpha value is -5.84. The topological polar surface area (TPSA) is 237 Å². The molecule has 0 amide bonds. The van der Waals surface area contributed by atoms with Crippen molar-refractivity contribution in [3.8, 4) is 0 Å². The van der Waals surface area contributed by atoms with Crippen LogP contribution in [0.1, 0.15) is 297 Å². The van der Waals surface area contributed by atoms with E-state index < -0.39 is 97.5 Å². The summed E-state index contributed by atoms with van der Waals surface area (Å²) in [5.41, 5.74) is 0. The Bertz CT molecular complexity index is 2760. The first-order valence-corrected chi connectivity index (χ1v) is 44.0. The number of hydrogen-bond donors (Lipinski definition) is 3. The van der Waals surface area contributed by atoms with E-state index in [9.17, 15) is 43.2 Å². The van der Waals surface area contributed by atoms with Crippen molar-refractivity contribution in [2.75, 3.05) is 39.6 Å². The van der Waals surface area contributed by atoms with Crippen molar-refractivity contribution in [2.45, 2.75) is 316 Å². The van der Waals surface area contributed by atoms with Crippen molar-refractivity contribution in [1.82, 2.24) is 0 Å². The van der Waals surface area contributed by atoms with Gasteiger partial charge in [-0.25, -0.2) is 9.13 Å². The number of phosphoric acid groups is 2. The second-order valence-corrected chi connectivity index (χ2v) is 29.4. The maximum Gasteiger partial charge on any atom is 0.472 e. The van der Waals surface area contributed by atoms with Crippen LogP contribution in [-0.4, -0.2) is 96.7 Å². The average molecular weight is 1550 g/mol. The molecule has 108 heavy (non-hydrogen) atoms. The molecule has 0 spiro atoms. The summed E-state index contributed by atoms with van der Waals surface area (Å²) in [4.78, 5) is 73.2. The van der Waals surface area contributed by atoms with Gasteiger partial charge in [0.2, 0.25) is 0 Å². The fourth-order valence-corrected chi connectivity index (χ4v) is 11.8. The lowest BCUT2D eigenvalue weighted by Crippen LogP contribution is -2.30. The Balaban J connectivity index is 5.46. The lowest BCUT2D eigenvalue weighted by Gasteiger charge is -2.21. The first-order chi connectivity index (χ1) is 52.7. The highest BCUT2D eigenvalue weighted by atomic mass is 31.2. The Morgan fingerprint density at radius 2 is 0.454 bits per heavy atom. The summed E-state index contributed by atoms with van der Waals surface area (Å²) in [6.45, 7) is 4.32. The van der Waals surface area contributed by atoms with E-state index >= 15 is 0 Å². The molecule has 0 aliphatic heterocycles. The number of esters is 4. The molecule has 17 nitrogen and oxygen atoms in total. The number of unbranched alkanes of at least 4 members (excludes halogenated alkanes) is 19. The Morgan fingerprint density at radius 3 is 0.713 bits per heavy atom. The van der Waals surface area contributed by atoms with Gasteiger partial charge in [-0.2, -0.15) is 0 Å². The number of carbonyl (C=O) groups is 4. The summed E-state index contributed by atoms with van der Waals surface area (Å²) in [5.74, 6) is -2.29. The van der Waals surface area contributed by atoms with Gasteiger partial charge < -0.3 is 33.8 Å². The van der Waals surface area contributed by atoms with E-state index in [-0.39, 0.29) is 25.7 Å². The maximum atomic E-state index is 13.1. The van der Waals surface area contributed by atoms with Crippen LogP contribution in [0, 0.1) is 0 Å². The number of aliphatic hydroxyl groups is 1. The normalized spacial score (nSPS) is 14.8. The zero-order chi connectivity index (χ0) is 78.9. The van der Waals surface area contributed by atoms with Crippen LogP contribution in [0.3, 0.4) is 0 Å². The van der Waals surface area contributed by atoms with Gasteiger partial charge in [0.1, 0.15) is 19.3 Å². The largest absolute Gasteiger partial charge is 0.472 e. The molecular formula is C89H144O17P2. The van der Waals surface area contributed by atoms with Crippen molar-refractivity contribution < 1.29 is 80.2 Å². The Labute approximate surface area is 654 Å². The standard InChI is InChI=1S/C89H144O17P2/c1-5-9-13-17-21-25-29-33-37-40-41-44-47-50-54-58-62-66-70-74-87(92)100-79-84(105-88(93)75-71-67-63-59-55-51-45-36-32-28-24-20-16-12-8-4)81-103-107(95,96)101-77-83(90)78-102-108(97,98)104-82-85(106-89(94)76-72-68-64-60-56-52-48-43-39-35-31-27-23-19-15-11-7-3)80-99-86(91)73-69-65-61-57-53-49-46-42-38-34-30-26-22-18-14-10-6-2/h9-16,21-28,33-39,41,44-46,49,55,59,83-85,90H,5-8,17-20,29-32,40,42-43,47-48,50-54,56-58,60-82H2,1-4H3,(H,95,96)(H,97,98)/b13-9-,14-10-,15-11-,16-12-,25-21-,26-22-,27-23-,28-24-,37-33-,38-34-,39-35-,44-41-,45-36-,49-46-,59-55-. The van der Waals surface area contributed by atoms with E-state index in [2.05, 4.69) is 210 Å². The minimum absolute atomic E-state index is 0.0321. The summed E-state index contributed by atoms with van der Waals surface area (Å²) in [5, 5.41) is 10.7. The van der Waals surface area contributed by atoms with E-state index in [0.717, 1.165) is 212 Å². The van der Waals surface area contributed by atoms with Crippen LogP contribution in [0.4, 0.5) is 0 Å². The summed E-state index contributed by atoms with van der Waals surface area (Å²) in [7, 11) is -10.0. The summed E-state index contributed by atoms with van der Waals surface area (Å²) in [6.07, 6.45) is 95.8. The fourth-order valence-electron chi connectivity index (χ4n) is 10.3. The van der Waals surface area contributed by atoms with Gasteiger partial charge in [0.25, 0.3) is 0 Å². The number of allylic oxidation sites excluding steroid dienone is 30. The third kappa shape index (κ3) is 78.3. The van der Waals surface area contributed by atoms with Crippen LogP contribution < -0.4 is 0 Å². The maximum absolute atomic E-state index is 13.1. The smallest absolute Gasteiger partial charge is 0.462 e. The Morgan fingerprint density at radius 1 is 0.259 bits per heavy atom. The molecule has 3 N–H and O–H groups in total. The molecular weight excluding hydrogens is 1400 g/mol. The van der Waals surface area contributed by atoms with Gasteiger partial charge in [0.15, 0.2) is 12.2 Å². The fraction of sp³-hybridized carbons (Fsp3) is 0.618. The number of hydrogen-bond acceptors (Lipinski definition) is 15. The van der Waals surface area contributed by atoms with Gasteiger partial charge in [0.05, 0.1) is 26.4 Å². The van der Waals surface area contributed by atoms with Crippen molar-refractivity contribution in [1.29, 1.82) is 0 Å². The zero-order valence-corrected chi connectivity index (χ0v) is 68.7. The first kappa shape index (κ1) is 102. The number of rotatable bonds is 75. The summed E-state index contributed by atoms with van der Waals surface area (Å²) < 4.78 is 68.7. The molecule has 0 radical (unpaired) electrons. The van der Waals surface area contributed by atoms with Crippen LogP contribution in [0.15, 0.2) is 182 Å². The van der Waals surface area contributed by atoms with Crippen molar-refractivity contribution in [3.63, 3.8) is 0 Å². The monoisotopic (exact) mass is 1550 g/mol. The van der Waals surface area contributed by atoms with Crippen LogP contribution in [0.25, 0.3) is 0 Å². The molecule has 0 rings (SSSR count). The molecule has 0 aromatic carbocycles. The lowest BCUT2D eigenvalue weighted by molar-refractivity contribution is -0.161. The molecule has 0 aromatic heterocycles. The van der Waals surface area contributed by atoms with Crippen LogP contribution in [0.5, 0.6) is 0 Å². The third-order valence-electron chi connectivity index (χ3n) is 16.4. The lowest BCUT2D eigenvalue weighted by atomic mass is 10.1. The SMILES string of the molecule is CC/C=C\C/C=C\C/C=C\C/C=C\CCCCCCCCC(=O)OCC(COP(=O)(O)OCC(O)COP(=O)(O)OCC(COC(=O)CCCCCC/C=C\C/C=C\C/C=C\C/C=C\CC)OC(=O)CCCCCCCCC/C=C\C/C=C\C/C=C\CC)OC(=O)CCCC/C=C\C/C=C\C/C=C\C/C=C\CC. The minimum Gasteiger partial charge on any atom is -0.462 e. The summed E-state index contributed by atoms with van der Waals surface area (Å²) in [6, 6.07) is 0. The van der Waals surface area contributed by atoms with Crippen molar-refractivity contribution in [2.24, 2.45) is 0 Å². The van der Waals surface area contributed by atoms with Crippen LogP contribution in [-0.2, 0) is 65.4 Å². The van der Waals surface area contributed by atoms with E-state index in [4.69, 9.17) is 37.0 Å². The van der Waals surface area contributed by atoms with Crippen molar-refractivity contribution >= 4 is 39.5 Å². The number of ether oxygens (including phenoxy) is 4. The van der Waals surface area contributed by atoms with E-state index in [0.29, 0.717) is 32.1 Å². The number of carbonyl (C=O) groups excluding carboxylic acids is 4. The second-order valence-electron chi connectivity index (χ2n) is 26.5. The number of phosphoric ester groups is 2. The molecule has 0 heterocycles. The highest BCUT2D eigenvalue weighted by Crippen LogP contribution is 2.45. The highest BCUT2D eigenvalue weighted by molar-refractivity contribution is 7.47. The van der Waals surface area contributed by atoms with Gasteiger partial charge in [-0.05, 0) is 173 Å². The minimum atomic E-state index is -5.01. The first-order valence-electron chi connectivity index (χ1n) is 41.0. The van der Waals surface area contributed by atoms with Gasteiger partial charge in [0, 0.05) is 25.7 Å². The zero-order valence-electron chi connectivity index (χ0n) is 66.9. The van der Waals surface area contributed by atoms with E-state index in [1.165, 1.54) is 0 Å². The molecule has 0 aromatic rings. The molecule has 0 fully saturated rings. The molecule has 5 unspecified atom stereocenters. The molecule has 5 atom stereocenters. The van der Waals surface area contributed by atoms with E-state index in [1.807, 2.05) is 0 Å². The molecule has 0 aliphatic rings. The molecule has 19 heteroatoms. The molecule has 612 valence electrons. The molecule has 0 saturated heterocycles. The predicted molar refractivity (Wildman–Crippen MR) is 445 cm³/mol. The number of aliphatic hydroxyl groups excluding tert-OH is 1. The van der Waals surface area contributed by atoms with E-state index in [1.54, 1.807) is 0 Å². The highest BCUT2D eigenvalue weighted by Gasteiger charge is 2.30. The molecule has 0 bridgehead atoms. The van der Waals surface area contributed by atoms with Crippen molar-refractivity contribution in [3.05, 3.63) is 182 Å². The molecule has 0 aliphatic carbocycles. The van der Waals surface area contributed by atoms with Gasteiger partial charge in [-0.15, -0.1) is 0 Å². The van der Waals surface area contributed by atoms with Gasteiger partial charge in [-0.3, -0.25) is 37.3 Å². The third-order valence-corrected chi connectivity index (χ3v) is 18.3.